The molecule has 0 amide bonds. The van der Waals surface area contributed by atoms with Crippen LogP contribution < -0.4 is 9.62 Å². The summed E-state index contributed by atoms with van der Waals surface area (Å²) in [6.45, 7) is 3.24. The van der Waals surface area contributed by atoms with Crippen LogP contribution in [0, 0.1) is 17.0 Å². The summed E-state index contributed by atoms with van der Waals surface area (Å²) in [5.74, 6) is 0. The zero-order valence-electron chi connectivity index (χ0n) is 14.1. The molecule has 0 atom stereocenters. The van der Waals surface area contributed by atoms with Gasteiger partial charge in [-0.25, -0.2) is 8.42 Å². The van der Waals surface area contributed by atoms with Crippen molar-refractivity contribution in [3.63, 3.8) is 0 Å². The first-order chi connectivity index (χ1) is 12.3. The molecule has 0 aliphatic carbocycles. The molecule has 1 N–H and O–H groups in total. The van der Waals surface area contributed by atoms with Gasteiger partial charge in [-0.2, -0.15) is 0 Å². The van der Waals surface area contributed by atoms with Gasteiger partial charge in [-0.05, 0) is 44.0 Å². The molecule has 1 aliphatic heterocycles. The highest BCUT2D eigenvalue weighted by Crippen LogP contribution is 2.33. The van der Waals surface area contributed by atoms with E-state index in [1.165, 1.54) is 12.1 Å². The van der Waals surface area contributed by atoms with Crippen molar-refractivity contribution in [2.24, 2.45) is 0 Å². The molecule has 3 rings (SSSR count). The highest BCUT2D eigenvalue weighted by molar-refractivity contribution is 7.92. The van der Waals surface area contributed by atoms with Crippen LogP contribution in [0.5, 0.6) is 0 Å². The van der Waals surface area contributed by atoms with Gasteiger partial charge in [0.15, 0.2) is 0 Å². The molecule has 0 bridgehead atoms. The van der Waals surface area contributed by atoms with Crippen molar-refractivity contribution < 1.29 is 13.3 Å². The zero-order chi connectivity index (χ0) is 18.9. The lowest BCUT2D eigenvalue weighted by Gasteiger charge is -2.22. The van der Waals surface area contributed by atoms with Crippen LogP contribution in [0.4, 0.5) is 17.1 Å². The molecular formula is C17H18ClN3O4S. The Hall–Kier alpha value is -2.32. The van der Waals surface area contributed by atoms with Gasteiger partial charge in [0.1, 0.15) is 0 Å². The number of hydrogen-bond acceptors (Lipinski definition) is 5. The predicted molar refractivity (Wildman–Crippen MR) is 102 cm³/mol. The highest BCUT2D eigenvalue weighted by atomic mass is 35.5. The van der Waals surface area contributed by atoms with E-state index in [0.29, 0.717) is 16.3 Å². The van der Waals surface area contributed by atoms with Crippen molar-refractivity contribution in [2.45, 2.75) is 24.7 Å². The fourth-order valence-electron chi connectivity index (χ4n) is 2.98. The van der Waals surface area contributed by atoms with Gasteiger partial charge < -0.3 is 4.90 Å². The van der Waals surface area contributed by atoms with E-state index in [1.807, 2.05) is 0 Å². The van der Waals surface area contributed by atoms with Gasteiger partial charge in [0.2, 0.25) is 0 Å². The van der Waals surface area contributed by atoms with E-state index < -0.39 is 14.9 Å². The number of sulfonamides is 1. The maximum absolute atomic E-state index is 12.8. The third-order valence-electron chi connectivity index (χ3n) is 4.34. The molecule has 1 saturated heterocycles. The quantitative estimate of drug-likeness (QED) is 0.611. The van der Waals surface area contributed by atoms with Crippen molar-refractivity contribution in [3.8, 4) is 0 Å². The third kappa shape index (κ3) is 3.76. The first-order valence-electron chi connectivity index (χ1n) is 8.10. The van der Waals surface area contributed by atoms with Gasteiger partial charge in [-0.3, -0.25) is 14.8 Å². The SMILES string of the molecule is Cc1ccc(S(=O)(=O)Nc2cc(Cl)ccc2N2CCCC2)cc1[N+](=O)[O-]. The predicted octanol–water partition coefficient (Wildman–Crippen LogP) is 3.96. The average molecular weight is 396 g/mol. The molecule has 1 heterocycles. The molecule has 0 radical (unpaired) electrons. The monoisotopic (exact) mass is 395 g/mol. The number of benzene rings is 2. The summed E-state index contributed by atoms with van der Waals surface area (Å²) >= 11 is 6.04. The molecule has 9 heteroatoms. The number of nitro groups is 1. The second kappa shape index (κ2) is 7.13. The van der Waals surface area contributed by atoms with Gasteiger partial charge in [0, 0.05) is 29.7 Å². The van der Waals surface area contributed by atoms with Crippen LogP contribution in [0.2, 0.25) is 5.02 Å². The zero-order valence-corrected chi connectivity index (χ0v) is 15.7. The smallest absolute Gasteiger partial charge is 0.273 e. The maximum Gasteiger partial charge on any atom is 0.273 e. The van der Waals surface area contributed by atoms with Gasteiger partial charge in [-0.15, -0.1) is 0 Å². The standard InChI is InChI=1S/C17H18ClN3O4S/c1-12-4-6-14(11-17(12)21(22)23)26(24,25)19-15-10-13(18)5-7-16(15)20-8-2-3-9-20/h4-7,10-11,19H,2-3,8-9H2,1H3. The number of halogens is 1. The molecule has 1 fully saturated rings. The second-order valence-corrected chi connectivity index (χ2v) is 8.29. The van der Waals surface area contributed by atoms with Gasteiger partial charge in [0.25, 0.3) is 15.7 Å². The molecule has 0 aromatic heterocycles. The Morgan fingerprint density at radius 3 is 2.50 bits per heavy atom. The van der Waals surface area contributed by atoms with E-state index in [1.54, 1.807) is 25.1 Å². The maximum atomic E-state index is 12.8. The number of nitrogens with one attached hydrogen (secondary N) is 1. The lowest BCUT2D eigenvalue weighted by atomic mass is 10.2. The lowest BCUT2D eigenvalue weighted by molar-refractivity contribution is -0.385. The van der Waals surface area contributed by atoms with Crippen LogP contribution in [0.25, 0.3) is 0 Å². The van der Waals surface area contributed by atoms with E-state index >= 15 is 0 Å². The number of hydrogen-bond donors (Lipinski definition) is 1. The molecular weight excluding hydrogens is 378 g/mol. The normalized spacial score (nSPS) is 14.5. The molecule has 138 valence electrons. The first kappa shape index (κ1) is 18.5. The Kier molecular flexibility index (Phi) is 5.06. The van der Waals surface area contributed by atoms with Gasteiger partial charge >= 0.3 is 0 Å². The average Bonchev–Trinajstić information content (AvgIpc) is 3.08. The minimum absolute atomic E-state index is 0.165. The number of nitrogens with zero attached hydrogens (tertiary/aromatic N) is 2. The largest absolute Gasteiger partial charge is 0.370 e. The molecule has 0 saturated carbocycles. The summed E-state index contributed by atoms with van der Waals surface area (Å²) in [6.07, 6.45) is 2.08. The Morgan fingerprint density at radius 2 is 1.85 bits per heavy atom. The van der Waals surface area contributed by atoms with E-state index in [4.69, 9.17) is 11.6 Å². The van der Waals surface area contributed by atoms with Crippen LogP contribution in [-0.4, -0.2) is 26.4 Å². The van der Waals surface area contributed by atoms with Crippen LogP contribution >= 0.6 is 11.6 Å². The fourth-order valence-corrected chi connectivity index (χ4v) is 4.24. The summed E-state index contributed by atoms with van der Waals surface area (Å²) in [7, 11) is -3.99. The van der Waals surface area contributed by atoms with Crippen LogP contribution in [-0.2, 0) is 10.0 Å². The molecule has 0 unspecified atom stereocenters. The van der Waals surface area contributed by atoms with E-state index in [-0.39, 0.29) is 10.6 Å². The minimum atomic E-state index is -3.99. The second-order valence-electron chi connectivity index (χ2n) is 6.17. The molecule has 1 aliphatic rings. The summed E-state index contributed by atoms with van der Waals surface area (Å²) in [5.41, 5.74) is 1.27. The number of anilines is 2. The fraction of sp³-hybridized carbons (Fsp3) is 0.294. The van der Waals surface area contributed by atoms with Crippen molar-refractivity contribution >= 4 is 38.7 Å². The minimum Gasteiger partial charge on any atom is -0.370 e. The molecule has 2 aromatic carbocycles. The Balaban J connectivity index is 1.99. The van der Waals surface area contributed by atoms with Gasteiger partial charge in [0.05, 0.1) is 21.2 Å². The van der Waals surface area contributed by atoms with Crippen LogP contribution in [0.1, 0.15) is 18.4 Å². The highest BCUT2D eigenvalue weighted by Gasteiger charge is 2.23. The topological polar surface area (TPSA) is 92.6 Å². The van der Waals surface area contributed by atoms with Gasteiger partial charge in [-0.1, -0.05) is 17.7 Å². The number of nitro benzene ring substituents is 1. The number of aryl methyl sites for hydroxylation is 1. The summed E-state index contributed by atoms with van der Waals surface area (Å²) in [5, 5.41) is 11.5. The van der Waals surface area contributed by atoms with Crippen molar-refractivity contribution in [1.29, 1.82) is 0 Å². The van der Waals surface area contributed by atoms with E-state index in [9.17, 15) is 18.5 Å². The summed E-state index contributed by atoms with van der Waals surface area (Å²) in [4.78, 5) is 12.4. The van der Waals surface area contributed by atoms with Crippen LogP contribution in [0.3, 0.4) is 0 Å². The van der Waals surface area contributed by atoms with Crippen molar-refractivity contribution in [1.82, 2.24) is 0 Å². The first-order valence-corrected chi connectivity index (χ1v) is 9.96. The van der Waals surface area contributed by atoms with Crippen molar-refractivity contribution in [3.05, 3.63) is 57.1 Å². The summed E-state index contributed by atoms with van der Waals surface area (Å²) in [6, 6.07) is 8.89. The molecule has 7 nitrogen and oxygen atoms in total. The Labute approximate surface area is 156 Å². The van der Waals surface area contributed by atoms with Crippen LogP contribution in [0.15, 0.2) is 41.3 Å². The third-order valence-corrected chi connectivity index (χ3v) is 5.94. The number of rotatable bonds is 5. The van der Waals surface area contributed by atoms with E-state index in [0.717, 1.165) is 37.7 Å². The molecule has 0 spiro atoms. The molecule has 26 heavy (non-hydrogen) atoms. The van der Waals surface area contributed by atoms with E-state index in [2.05, 4.69) is 9.62 Å². The summed E-state index contributed by atoms with van der Waals surface area (Å²) < 4.78 is 28.1. The lowest BCUT2D eigenvalue weighted by Crippen LogP contribution is -2.21. The Bertz CT molecular complexity index is 956. The molecule has 2 aromatic rings. The Morgan fingerprint density at radius 1 is 1.15 bits per heavy atom. The van der Waals surface area contributed by atoms with Crippen molar-refractivity contribution in [2.75, 3.05) is 22.7 Å².